The van der Waals surface area contributed by atoms with Crippen molar-refractivity contribution in [2.24, 2.45) is 5.92 Å². The normalized spacial score (nSPS) is 13.1. The number of ether oxygens (including phenoxy) is 1. The van der Waals surface area contributed by atoms with Crippen LogP contribution in [0, 0.1) is 5.92 Å². The van der Waals surface area contributed by atoms with Gasteiger partial charge in [0.15, 0.2) is 5.82 Å². The molecule has 2 N–H and O–H groups in total. The van der Waals surface area contributed by atoms with Crippen molar-refractivity contribution in [1.82, 2.24) is 9.97 Å². The molecule has 0 saturated heterocycles. The molecule has 0 saturated carbocycles. The minimum atomic E-state index is -0.0662. The Bertz CT molecular complexity index is 288. The third-order valence-corrected chi connectivity index (χ3v) is 1.90. The Hall–Kier alpha value is -1.16. The Morgan fingerprint density at radius 2 is 2.21 bits per heavy atom. The van der Waals surface area contributed by atoms with Crippen LogP contribution < -0.4 is 5.73 Å². The van der Waals surface area contributed by atoms with Crippen LogP contribution in [0.3, 0.4) is 0 Å². The van der Waals surface area contributed by atoms with Gasteiger partial charge in [-0.05, 0) is 18.9 Å². The van der Waals surface area contributed by atoms with E-state index in [-0.39, 0.29) is 6.10 Å². The Labute approximate surface area is 84.5 Å². The van der Waals surface area contributed by atoms with Crippen molar-refractivity contribution >= 4 is 5.82 Å². The molecule has 4 heteroatoms. The van der Waals surface area contributed by atoms with Crippen LogP contribution in [0.4, 0.5) is 5.82 Å². The van der Waals surface area contributed by atoms with Crippen molar-refractivity contribution in [1.29, 1.82) is 0 Å². The molecule has 0 radical (unpaired) electrons. The van der Waals surface area contributed by atoms with Crippen LogP contribution >= 0.6 is 0 Å². The van der Waals surface area contributed by atoms with Crippen LogP contribution in [-0.2, 0) is 4.74 Å². The van der Waals surface area contributed by atoms with Crippen LogP contribution in [0.2, 0.25) is 0 Å². The number of nitrogens with two attached hydrogens (primary N) is 1. The smallest absolute Gasteiger partial charge is 0.159 e. The standard InChI is InChI=1S/C10H17N3O/c1-4-14-9(7(2)3)10-12-6-5-8(11)13-10/h5-7,9H,4H2,1-3H3,(H2,11,12,13). The molecular formula is C10H17N3O. The molecule has 1 aromatic heterocycles. The SMILES string of the molecule is CCOC(c1nccc(N)n1)C(C)C. The van der Waals surface area contributed by atoms with Gasteiger partial charge in [-0.3, -0.25) is 0 Å². The second-order valence-electron chi connectivity index (χ2n) is 3.46. The maximum atomic E-state index is 5.59. The third-order valence-electron chi connectivity index (χ3n) is 1.90. The summed E-state index contributed by atoms with van der Waals surface area (Å²) in [6, 6.07) is 1.67. The highest BCUT2D eigenvalue weighted by atomic mass is 16.5. The van der Waals surface area contributed by atoms with E-state index < -0.39 is 0 Å². The second-order valence-corrected chi connectivity index (χ2v) is 3.46. The fraction of sp³-hybridized carbons (Fsp3) is 0.600. The molecule has 0 aliphatic carbocycles. The molecule has 0 aliphatic rings. The monoisotopic (exact) mass is 195 g/mol. The summed E-state index contributed by atoms with van der Waals surface area (Å²) in [6.07, 6.45) is 1.59. The van der Waals surface area contributed by atoms with Crippen molar-refractivity contribution in [2.75, 3.05) is 12.3 Å². The van der Waals surface area contributed by atoms with E-state index in [2.05, 4.69) is 23.8 Å². The number of rotatable bonds is 4. The van der Waals surface area contributed by atoms with Gasteiger partial charge in [0.05, 0.1) is 0 Å². The number of hydrogen-bond acceptors (Lipinski definition) is 4. The summed E-state index contributed by atoms with van der Waals surface area (Å²) < 4.78 is 5.56. The van der Waals surface area contributed by atoms with Gasteiger partial charge in [-0.25, -0.2) is 9.97 Å². The molecule has 1 atom stereocenters. The Balaban J connectivity index is 2.87. The zero-order valence-corrected chi connectivity index (χ0v) is 8.90. The fourth-order valence-corrected chi connectivity index (χ4v) is 1.27. The predicted octanol–water partition coefficient (Wildman–Crippen LogP) is 1.79. The Morgan fingerprint density at radius 3 is 2.71 bits per heavy atom. The van der Waals surface area contributed by atoms with Gasteiger partial charge < -0.3 is 10.5 Å². The van der Waals surface area contributed by atoms with E-state index in [9.17, 15) is 0 Å². The first-order chi connectivity index (χ1) is 6.65. The lowest BCUT2D eigenvalue weighted by molar-refractivity contribution is 0.0233. The lowest BCUT2D eigenvalue weighted by atomic mass is 10.1. The van der Waals surface area contributed by atoms with Gasteiger partial charge in [0.1, 0.15) is 11.9 Å². The average Bonchev–Trinajstić information content (AvgIpc) is 2.13. The Morgan fingerprint density at radius 1 is 1.50 bits per heavy atom. The molecule has 1 aromatic rings. The van der Waals surface area contributed by atoms with Crippen LogP contribution in [0.15, 0.2) is 12.3 Å². The largest absolute Gasteiger partial charge is 0.384 e. The van der Waals surface area contributed by atoms with Crippen LogP contribution in [0.25, 0.3) is 0 Å². The van der Waals surface area contributed by atoms with E-state index in [0.29, 0.717) is 24.2 Å². The predicted molar refractivity (Wildman–Crippen MR) is 55.6 cm³/mol. The number of aromatic nitrogens is 2. The summed E-state index contributed by atoms with van der Waals surface area (Å²) in [4.78, 5) is 8.32. The third kappa shape index (κ3) is 2.67. The topological polar surface area (TPSA) is 61.0 Å². The van der Waals surface area contributed by atoms with Crippen LogP contribution in [0.1, 0.15) is 32.7 Å². The van der Waals surface area contributed by atoms with Gasteiger partial charge >= 0.3 is 0 Å². The highest BCUT2D eigenvalue weighted by molar-refractivity contribution is 5.25. The van der Waals surface area contributed by atoms with Crippen molar-refractivity contribution in [3.63, 3.8) is 0 Å². The average molecular weight is 195 g/mol. The first-order valence-electron chi connectivity index (χ1n) is 4.85. The van der Waals surface area contributed by atoms with Crippen molar-refractivity contribution in [3.8, 4) is 0 Å². The van der Waals surface area contributed by atoms with Crippen LogP contribution in [-0.4, -0.2) is 16.6 Å². The van der Waals surface area contributed by atoms with Gasteiger partial charge in [0.25, 0.3) is 0 Å². The second kappa shape index (κ2) is 4.91. The van der Waals surface area contributed by atoms with E-state index >= 15 is 0 Å². The molecule has 1 unspecified atom stereocenters. The van der Waals surface area contributed by atoms with E-state index in [1.165, 1.54) is 0 Å². The van der Waals surface area contributed by atoms with Crippen molar-refractivity contribution in [3.05, 3.63) is 18.1 Å². The van der Waals surface area contributed by atoms with E-state index in [1.807, 2.05) is 6.92 Å². The first kappa shape index (κ1) is 10.9. The summed E-state index contributed by atoms with van der Waals surface area (Å²) in [5.74, 6) is 1.50. The molecular weight excluding hydrogens is 178 g/mol. The number of anilines is 1. The zero-order valence-electron chi connectivity index (χ0n) is 8.90. The molecule has 1 rings (SSSR count). The highest BCUT2D eigenvalue weighted by Gasteiger charge is 2.18. The van der Waals surface area contributed by atoms with Crippen LogP contribution in [0.5, 0.6) is 0 Å². The molecule has 0 amide bonds. The molecule has 0 aromatic carbocycles. The molecule has 0 bridgehead atoms. The van der Waals surface area contributed by atoms with E-state index in [0.717, 1.165) is 0 Å². The summed E-state index contributed by atoms with van der Waals surface area (Å²) >= 11 is 0. The van der Waals surface area contributed by atoms with E-state index in [4.69, 9.17) is 10.5 Å². The lowest BCUT2D eigenvalue weighted by Crippen LogP contribution is -2.15. The number of hydrogen-bond donors (Lipinski definition) is 1. The minimum absolute atomic E-state index is 0.0662. The number of nitrogen functional groups attached to an aromatic ring is 1. The van der Waals surface area contributed by atoms with Gasteiger partial charge in [0, 0.05) is 12.8 Å². The molecule has 0 fully saturated rings. The van der Waals surface area contributed by atoms with Gasteiger partial charge in [-0.2, -0.15) is 0 Å². The molecule has 14 heavy (non-hydrogen) atoms. The molecule has 0 spiro atoms. The Kier molecular flexibility index (Phi) is 3.83. The van der Waals surface area contributed by atoms with Crippen molar-refractivity contribution < 1.29 is 4.74 Å². The lowest BCUT2D eigenvalue weighted by Gasteiger charge is -2.19. The number of nitrogens with zero attached hydrogens (tertiary/aromatic N) is 2. The van der Waals surface area contributed by atoms with Crippen molar-refractivity contribution in [2.45, 2.75) is 26.9 Å². The van der Waals surface area contributed by atoms with Gasteiger partial charge in [0.2, 0.25) is 0 Å². The molecule has 4 nitrogen and oxygen atoms in total. The summed E-state index contributed by atoms with van der Waals surface area (Å²) in [5.41, 5.74) is 5.59. The fourth-order valence-electron chi connectivity index (χ4n) is 1.27. The quantitative estimate of drug-likeness (QED) is 0.795. The summed E-state index contributed by atoms with van der Waals surface area (Å²) in [7, 11) is 0. The van der Waals surface area contributed by atoms with E-state index in [1.54, 1.807) is 12.3 Å². The first-order valence-corrected chi connectivity index (χ1v) is 4.85. The maximum Gasteiger partial charge on any atom is 0.159 e. The zero-order chi connectivity index (χ0) is 10.6. The molecule has 0 aliphatic heterocycles. The summed E-state index contributed by atoms with van der Waals surface area (Å²) in [6.45, 7) is 6.77. The summed E-state index contributed by atoms with van der Waals surface area (Å²) in [5, 5.41) is 0. The maximum absolute atomic E-state index is 5.59. The van der Waals surface area contributed by atoms with Gasteiger partial charge in [-0.1, -0.05) is 13.8 Å². The van der Waals surface area contributed by atoms with Gasteiger partial charge in [-0.15, -0.1) is 0 Å². The molecule has 1 heterocycles. The minimum Gasteiger partial charge on any atom is -0.384 e. The molecule has 78 valence electrons. The highest BCUT2D eigenvalue weighted by Crippen LogP contribution is 2.22.